The average Bonchev–Trinajstić information content (AvgIpc) is 3.26. The number of alkyl halides is 3. The zero-order valence-electron chi connectivity index (χ0n) is 13.5. The van der Waals surface area contributed by atoms with Crippen molar-refractivity contribution in [3.8, 4) is 0 Å². The molecule has 136 valence electrons. The van der Waals surface area contributed by atoms with E-state index in [9.17, 15) is 18.0 Å². The maximum absolute atomic E-state index is 12.6. The average molecular weight is 356 g/mol. The Hall–Kier alpha value is -2.29. The summed E-state index contributed by atoms with van der Waals surface area (Å²) >= 11 is 0. The van der Waals surface area contributed by atoms with Crippen molar-refractivity contribution in [2.24, 2.45) is 0 Å². The SMILES string of the molecule is O=C(NCC(F)(F)F)C1(n2ccnc2)CCN(Cc2ccoc2)CC1. The molecule has 9 heteroatoms. The van der Waals surface area contributed by atoms with Gasteiger partial charge in [0.1, 0.15) is 12.1 Å². The second-order valence-corrected chi connectivity index (χ2v) is 6.21. The van der Waals surface area contributed by atoms with Gasteiger partial charge in [-0.25, -0.2) is 4.98 Å². The van der Waals surface area contributed by atoms with Crippen LogP contribution in [-0.2, 0) is 16.9 Å². The Kier molecular flexibility index (Phi) is 4.85. The van der Waals surface area contributed by atoms with E-state index in [2.05, 4.69) is 9.88 Å². The number of piperidine rings is 1. The summed E-state index contributed by atoms with van der Waals surface area (Å²) in [6.07, 6.45) is 4.27. The van der Waals surface area contributed by atoms with E-state index in [1.54, 1.807) is 23.3 Å². The summed E-state index contributed by atoms with van der Waals surface area (Å²) < 4.78 is 44.1. The van der Waals surface area contributed by atoms with Crippen molar-refractivity contribution in [1.82, 2.24) is 19.8 Å². The van der Waals surface area contributed by atoms with Crippen LogP contribution in [0.15, 0.2) is 41.7 Å². The zero-order chi connectivity index (χ0) is 17.9. The summed E-state index contributed by atoms with van der Waals surface area (Å²) in [7, 11) is 0. The highest BCUT2D eigenvalue weighted by molar-refractivity contribution is 5.84. The van der Waals surface area contributed by atoms with Gasteiger partial charge in [-0.15, -0.1) is 0 Å². The van der Waals surface area contributed by atoms with Gasteiger partial charge < -0.3 is 14.3 Å². The summed E-state index contributed by atoms with van der Waals surface area (Å²) in [5, 5.41) is 2.04. The van der Waals surface area contributed by atoms with Crippen LogP contribution in [0.5, 0.6) is 0 Å². The molecule has 2 aromatic rings. The van der Waals surface area contributed by atoms with Crippen molar-refractivity contribution in [2.45, 2.75) is 31.1 Å². The third kappa shape index (κ3) is 4.04. The fourth-order valence-electron chi connectivity index (χ4n) is 3.18. The molecule has 1 aliphatic heterocycles. The molecule has 1 saturated heterocycles. The zero-order valence-corrected chi connectivity index (χ0v) is 13.5. The third-order valence-electron chi connectivity index (χ3n) is 4.54. The lowest BCUT2D eigenvalue weighted by atomic mass is 9.86. The molecule has 1 aliphatic rings. The first kappa shape index (κ1) is 17.5. The lowest BCUT2D eigenvalue weighted by molar-refractivity contribution is -0.145. The number of furan rings is 1. The van der Waals surface area contributed by atoms with Crippen LogP contribution in [0.1, 0.15) is 18.4 Å². The van der Waals surface area contributed by atoms with E-state index in [0.717, 1.165) is 5.56 Å². The molecule has 0 radical (unpaired) electrons. The fourth-order valence-corrected chi connectivity index (χ4v) is 3.18. The Bertz CT molecular complexity index is 675. The highest BCUT2D eigenvalue weighted by Gasteiger charge is 2.44. The molecule has 0 atom stereocenters. The Labute approximate surface area is 142 Å². The molecule has 1 N–H and O–H groups in total. The minimum absolute atomic E-state index is 0.408. The van der Waals surface area contributed by atoms with Crippen molar-refractivity contribution in [1.29, 1.82) is 0 Å². The molecule has 0 spiro atoms. The maximum atomic E-state index is 12.6. The lowest BCUT2D eigenvalue weighted by Gasteiger charge is -2.41. The van der Waals surface area contributed by atoms with Crippen molar-refractivity contribution in [3.05, 3.63) is 42.9 Å². The Morgan fingerprint density at radius 2 is 2.12 bits per heavy atom. The molecule has 0 aromatic carbocycles. The van der Waals surface area contributed by atoms with E-state index in [-0.39, 0.29) is 0 Å². The number of halogens is 3. The van der Waals surface area contributed by atoms with Gasteiger partial charge in [0.2, 0.25) is 5.91 Å². The molecule has 1 fully saturated rings. The van der Waals surface area contributed by atoms with Crippen LogP contribution in [0.3, 0.4) is 0 Å². The van der Waals surface area contributed by atoms with Gasteiger partial charge in [-0.05, 0) is 18.9 Å². The number of carbonyl (C=O) groups is 1. The van der Waals surface area contributed by atoms with Gasteiger partial charge in [0, 0.05) is 37.6 Å². The van der Waals surface area contributed by atoms with E-state index >= 15 is 0 Å². The molecular weight excluding hydrogens is 337 g/mol. The van der Waals surface area contributed by atoms with Crippen LogP contribution in [0, 0.1) is 0 Å². The van der Waals surface area contributed by atoms with E-state index in [1.807, 2.05) is 11.4 Å². The van der Waals surface area contributed by atoms with Crippen molar-refractivity contribution < 1.29 is 22.4 Å². The number of nitrogens with zero attached hydrogens (tertiary/aromatic N) is 3. The molecular formula is C16H19F3N4O2. The smallest absolute Gasteiger partial charge is 0.405 e. The van der Waals surface area contributed by atoms with Gasteiger partial charge >= 0.3 is 6.18 Å². The van der Waals surface area contributed by atoms with E-state index < -0.39 is 24.2 Å². The van der Waals surface area contributed by atoms with E-state index in [4.69, 9.17) is 4.42 Å². The number of likely N-dealkylation sites (tertiary alicyclic amines) is 1. The van der Waals surface area contributed by atoms with Crippen LogP contribution in [0.4, 0.5) is 13.2 Å². The van der Waals surface area contributed by atoms with Crippen molar-refractivity contribution in [3.63, 3.8) is 0 Å². The summed E-state index contributed by atoms with van der Waals surface area (Å²) in [5.41, 5.74) is -0.0223. The second kappa shape index (κ2) is 6.91. The van der Waals surface area contributed by atoms with Crippen LogP contribution in [-0.4, -0.2) is 46.2 Å². The number of amides is 1. The van der Waals surface area contributed by atoms with E-state index in [0.29, 0.717) is 32.5 Å². The Morgan fingerprint density at radius 1 is 1.36 bits per heavy atom. The first-order valence-corrected chi connectivity index (χ1v) is 7.96. The molecule has 25 heavy (non-hydrogen) atoms. The van der Waals surface area contributed by atoms with Gasteiger partial charge in [0.15, 0.2) is 0 Å². The molecule has 1 amide bonds. The van der Waals surface area contributed by atoms with Gasteiger partial charge in [-0.3, -0.25) is 9.69 Å². The predicted octanol–water partition coefficient (Wildman–Crippen LogP) is 2.15. The van der Waals surface area contributed by atoms with Crippen LogP contribution < -0.4 is 5.32 Å². The molecule has 0 aliphatic carbocycles. The normalized spacial score (nSPS) is 18.2. The Morgan fingerprint density at radius 3 is 2.68 bits per heavy atom. The molecule has 0 bridgehead atoms. The van der Waals surface area contributed by atoms with Gasteiger partial charge in [0.05, 0.1) is 18.9 Å². The highest BCUT2D eigenvalue weighted by atomic mass is 19.4. The third-order valence-corrected chi connectivity index (χ3v) is 4.54. The lowest BCUT2D eigenvalue weighted by Crippen LogP contribution is -2.55. The molecule has 3 rings (SSSR count). The summed E-state index contributed by atoms with van der Waals surface area (Å²) in [4.78, 5) is 18.7. The summed E-state index contributed by atoms with van der Waals surface area (Å²) in [6, 6.07) is 1.87. The molecule has 3 heterocycles. The summed E-state index contributed by atoms with van der Waals surface area (Å²) in [5.74, 6) is -0.620. The standard InChI is InChI=1S/C16H19F3N4O2/c17-16(18,19)11-21-14(24)15(23-7-4-20-12-23)2-5-22(6-3-15)9-13-1-8-25-10-13/h1,4,7-8,10,12H,2-3,5-6,9,11H2,(H,21,24). The highest BCUT2D eigenvalue weighted by Crippen LogP contribution is 2.31. The van der Waals surface area contributed by atoms with E-state index in [1.165, 1.54) is 12.5 Å². The first-order chi connectivity index (χ1) is 11.9. The number of aromatic nitrogens is 2. The molecule has 6 nitrogen and oxygen atoms in total. The number of hydrogen-bond acceptors (Lipinski definition) is 4. The predicted molar refractivity (Wildman–Crippen MR) is 82.5 cm³/mol. The summed E-state index contributed by atoms with van der Waals surface area (Å²) in [6.45, 7) is 0.521. The number of nitrogens with one attached hydrogen (secondary N) is 1. The van der Waals surface area contributed by atoms with Crippen LogP contribution in [0.2, 0.25) is 0 Å². The number of rotatable bonds is 5. The van der Waals surface area contributed by atoms with Crippen molar-refractivity contribution in [2.75, 3.05) is 19.6 Å². The minimum Gasteiger partial charge on any atom is -0.472 e. The largest absolute Gasteiger partial charge is 0.472 e. The quantitative estimate of drug-likeness (QED) is 0.892. The maximum Gasteiger partial charge on any atom is 0.405 e. The minimum atomic E-state index is -4.44. The van der Waals surface area contributed by atoms with Gasteiger partial charge in [-0.1, -0.05) is 0 Å². The molecule has 0 unspecified atom stereocenters. The van der Waals surface area contributed by atoms with Crippen LogP contribution in [0.25, 0.3) is 0 Å². The second-order valence-electron chi connectivity index (χ2n) is 6.21. The topological polar surface area (TPSA) is 63.3 Å². The molecule has 0 saturated carbocycles. The van der Waals surface area contributed by atoms with Gasteiger partial charge in [0.25, 0.3) is 0 Å². The monoisotopic (exact) mass is 356 g/mol. The Balaban J connectivity index is 1.70. The number of imidazole rings is 1. The number of hydrogen-bond donors (Lipinski definition) is 1. The first-order valence-electron chi connectivity index (χ1n) is 7.96. The number of carbonyl (C=O) groups excluding carboxylic acids is 1. The van der Waals surface area contributed by atoms with Crippen LogP contribution >= 0.6 is 0 Å². The van der Waals surface area contributed by atoms with Gasteiger partial charge in [-0.2, -0.15) is 13.2 Å². The van der Waals surface area contributed by atoms with Crippen molar-refractivity contribution >= 4 is 5.91 Å². The molecule has 2 aromatic heterocycles. The fraction of sp³-hybridized carbons (Fsp3) is 0.500.